The van der Waals surface area contributed by atoms with Gasteiger partial charge in [-0.15, -0.1) is 0 Å². The molecule has 0 spiro atoms. The Labute approximate surface area is 96.3 Å². The lowest BCUT2D eigenvalue weighted by molar-refractivity contribution is -0.129. The summed E-state index contributed by atoms with van der Waals surface area (Å²) in [5.74, 6) is 0.0159. The van der Waals surface area contributed by atoms with Crippen LogP contribution in [0.25, 0.3) is 0 Å². The lowest BCUT2D eigenvalue weighted by Gasteiger charge is -2.12. The van der Waals surface area contributed by atoms with E-state index >= 15 is 0 Å². The van der Waals surface area contributed by atoms with Crippen LogP contribution in [-0.4, -0.2) is 24.4 Å². The van der Waals surface area contributed by atoms with E-state index in [1.807, 2.05) is 37.3 Å². The summed E-state index contributed by atoms with van der Waals surface area (Å²) >= 11 is 0. The highest BCUT2D eigenvalue weighted by Crippen LogP contribution is 2.06. The Hall–Kier alpha value is -1.82. The third-order valence-corrected chi connectivity index (χ3v) is 2.48. The topological polar surface area (TPSA) is 44.1 Å². The summed E-state index contributed by atoms with van der Waals surface area (Å²) in [6.07, 6.45) is 1.19. The molecule has 1 aromatic carbocycles. The molecular weight excluding hydrogens is 200 g/mol. The minimum Gasteiger partial charge on any atom is -0.332 e. The van der Waals surface area contributed by atoms with Gasteiger partial charge in [0.15, 0.2) is 0 Å². The normalized spacial score (nSPS) is 9.56. The maximum absolute atomic E-state index is 11.5. The van der Waals surface area contributed by atoms with Crippen molar-refractivity contribution in [2.75, 3.05) is 13.6 Å². The summed E-state index contributed by atoms with van der Waals surface area (Å²) in [5, 5.41) is 8.46. The Morgan fingerprint density at radius 3 is 2.56 bits per heavy atom. The molecule has 0 bridgehead atoms. The Morgan fingerprint density at radius 2 is 2.00 bits per heavy atom. The minimum absolute atomic E-state index is 0.0159. The summed E-state index contributed by atoms with van der Waals surface area (Å²) in [7, 11) is 1.65. The van der Waals surface area contributed by atoms with Crippen molar-refractivity contribution < 1.29 is 4.79 Å². The van der Waals surface area contributed by atoms with E-state index in [1.165, 1.54) is 10.5 Å². The third kappa shape index (κ3) is 3.74. The molecule has 0 fully saturated rings. The number of aryl methyl sites for hydroxylation is 2. The van der Waals surface area contributed by atoms with Crippen molar-refractivity contribution in [1.29, 1.82) is 5.26 Å². The van der Waals surface area contributed by atoms with Crippen LogP contribution in [0.1, 0.15) is 17.5 Å². The van der Waals surface area contributed by atoms with Gasteiger partial charge in [0, 0.05) is 13.5 Å². The molecule has 0 radical (unpaired) electrons. The van der Waals surface area contributed by atoms with Crippen molar-refractivity contribution in [3.63, 3.8) is 0 Å². The third-order valence-electron chi connectivity index (χ3n) is 2.48. The standard InChI is InChI=1S/C13H16N2O/c1-11-3-5-12(6-4-11)7-8-13(16)15(2)10-9-14/h3-6H,7-8,10H2,1-2H3. The van der Waals surface area contributed by atoms with Gasteiger partial charge in [-0.2, -0.15) is 5.26 Å². The van der Waals surface area contributed by atoms with Crippen molar-refractivity contribution in [3.05, 3.63) is 35.4 Å². The van der Waals surface area contributed by atoms with E-state index in [4.69, 9.17) is 5.26 Å². The van der Waals surface area contributed by atoms with Gasteiger partial charge >= 0.3 is 0 Å². The molecule has 0 saturated heterocycles. The fourth-order valence-corrected chi connectivity index (χ4v) is 1.39. The van der Waals surface area contributed by atoms with E-state index in [-0.39, 0.29) is 12.5 Å². The van der Waals surface area contributed by atoms with Crippen LogP contribution in [0.3, 0.4) is 0 Å². The number of nitrogens with zero attached hydrogens (tertiary/aromatic N) is 2. The first-order valence-corrected chi connectivity index (χ1v) is 5.30. The van der Waals surface area contributed by atoms with Crippen LogP contribution >= 0.6 is 0 Å². The number of amides is 1. The van der Waals surface area contributed by atoms with E-state index in [0.29, 0.717) is 6.42 Å². The van der Waals surface area contributed by atoms with Crippen molar-refractivity contribution in [3.8, 4) is 6.07 Å². The van der Waals surface area contributed by atoms with Gasteiger partial charge in [-0.3, -0.25) is 4.79 Å². The molecule has 0 aliphatic heterocycles. The maximum atomic E-state index is 11.5. The highest BCUT2D eigenvalue weighted by molar-refractivity contribution is 5.76. The summed E-state index contributed by atoms with van der Waals surface area (Å²) in [6.45, 7) is 2.20. The van der Waals surface area contributed by atoms with Crippen LogP contribution in [0.2, 0.25) is 0 Å². The monoisotopic (exact) mass is 216 g/mol. The van der Waals surface area contributed by atoms with Gasteiger partial charge in [0.25, 0.3) is 0 Å². The number of benzene rings is 1. The largest absolute Gasteiger partial charge is 0.332 e. The van der Waals surface area contributed by atoms with Gasteiger partial charge in [-0.25, -0.2) is 0 Å². The molecule has 16 heavy (non-hydrogen) atoms. The van der Waals surface area contributed by atoms with Gasteiger partial charge in [0.05, 0.1) is 6.07 Å². The van der Waals surface area contributed by atoms with Crippen LogP contribution in [0.15, 0.2) is 24.3 Å². The second-order valence-electron chi connectivity index (χ2n) is 3.89. The molecule has 0 heterocycles. The molecule has 0 N–H and O–H groups in total. The van der Waals surface area contributed by atoms with Crippen LogP contribution in [0.5, 0.6) is 0 Å². The van der Waals surface area contributed by atoms with Crippen LogP contribution in [0, 0.1) is 18.3 Å². The number of rotatable bonds is 4. The molecule has 0 aliphatic carbocycles. The number of hydrogen-bond acceptors (Lipinski definition) is 2. The van der Waals surface area contributed by atoms with E-state index in [9.17, 15) is 4.79 Å². The predicted octanol–water partition coefficient (Wildman–Crippen LogP) is 1.91. The number of carbonyl (C=O) groups excluding carboxylic acids is 1. The highest BCUT2D eigenvalue weighted by atomic mass is 16.2. The van der Waals surface area contributed by atoms with Crippen LogP contribution < -0.4 is 0 Å². The SMILES string of the molecule is Cc1ccc(CCC(=O)N(C)CC#N)cc1. The second-order valence-corrected chi connectivity index (χ2v) is 3.89. The number of carbonyl (C=O) groups is 1. The zero-order valence-electron chi connectivity index (χ0n) is 9.73. The maximum Gasteiger partial charge on any atom is 0.223 e. The Kier molecular flexibility index (Phi) is 4.53. The molecule has 0 atom stereocenters. The molecule has 3 nitrogen and oxygen atoms in total. The Morgan fingerprint density at radius 1 is 1.38 bits per heavy atom. The van der Waals surface area contributed by atoms with Crippen molar-refractivity contribution in [1.82, 2.24) is 4.90 Å². The first kappa shape index (κ1) is 12.3. The van der Waals surface area contributed by atoms with Gasteiger partial charge in [0.1, 0.15) is 6.54 Å². The molecule has 0 aliphatic rings. The molecule has 84 valence electrons. The molecule has 0 unspecified atom stereocenters. The molecule has 1 amide bonds. The molecule has 3 heteroatoms. The van der Waals surface area contributed by atoms with Gasteiger partial charge in [-0.05, 0) is 18.9 Å². The molecule has 0 saturated carbocycles. The summed E-state index contributed by atoms with van der Waals surface area (Å²) < 4.78 is 0. The zero-order chi connectivity index (χ0) is 12.0. The fourth-order valence-electron chi connectivity index (χ4n) is 1.39. The fraction of sp³-hybridized carbons (Fsp3) is 0.385. The zero-order valence-corrected chi connectivity index (χ0v) is 9.73. The number of hydrogen-bond donors (Lipinski definition) is 0. The number of nitriles is 1. The lowest BCUT2D eigenvalue weighted by Crippen LogP contribution is -2.27. The van der Waals surface area contributed by atoms with E-state index in [0.717, 1.165) is 12.0 Å². The lowest BCUT2D eigenvalue weighted by atomic mass is 10.1. The second kappa shape index (κ2) is 5.92. The first-order valence-electron chi connectivity index (χ1n) is 5.30. The minimum atomic E-state index is 0.0159. The summed E-state index contributed by atoms with van der Waals surface area (Å²) in [4.78, 5) is 13.0. The Bertz CT molecular complexity index is 389. The van der Waals surface area contributed by atoms with E-state index in [1.54, 1.807) is 7.05 Å². The molecule has 0 aromatic heterocycles. The predicted molar refractivity (Wildman–Crippen MR) is 62.8 cm³/mol. The van der Waals surface area contributed by atoms with Gasteiger partial charge < -0.3 is 4.90 Å². The van der Waals surface area contributed by atoms with Crippen LogP contribution in [-0.2, 0) is 11.2 Å². The smallest absolute Gasteiger partial charge is 0.223 e. The van der Waals surface area contributed by atoms with Crippen molar-refractivity contribution in [2.24, 2.45) is 0 Å². The van der Waals surface area contributed by atoms with Crippen LogP contribution in [0.4, 0.5) is 0 Å². The van der Waals surface area contributed by atoms with Gasteiger partial charge in [0.2, 0.25) is 5.91 Å². The van der Waals surface area contributed by atoms with Crippen molar-refractivity contribution >= 4 is 5.91 Å². The molecule has 1 aromatic rings. The van der Waals surface area contributed by atoms with Gasteiger partial charge in [-0.1, -0.05) is 29.8 Å². The highest BCUT2D eigenvalue weighted by Gasteiger charge is 2.07. The van der Waals surface area contributed by atoms with E-state index in [2.05, 4.69) is 0 Å². The first-order chi connectivity index (χ1) is 7.63. The van der Waals surface area contributed by atoms with Crippen molar-refractivity contribution in [2.45, 2.75) is 19.8 Å². The summed E-state index contributed by atoms with van der Waals surface area (Å²) in [6, 6.07) is 10.1. The Balaban J connectivity index is 2.43. The molecular formula is C13H16N2O. The quantitative estimate of drug-likeness (QED) is 0.722. The molecule has 1 rings (SSSR count). The average Bonchev–Trinajstić information content (AvgIpc) is 2.28. The average molecular weight is 216 g/mol. The van der Waals surface area contributed by atoms with E-state index < -0.39 is 0 Å². The summed E-state index contributed by atoms with van der Waals surface area (Å²) in [5.41, 5.74) is 2.38.